The Balaban J connectivity index is 1.71. The van der Waals surface area contributed by atoms with Gasteiger partial charge in [0.15, 0.2) is 11.5 Å². The van der Waals surface area contributed by atoms with Crippen LogP contribution in [0, 0.1) is 5.92 Å². The third-order valence-electron chi connectivity index (χ3n) is 5.83. The summed E-state index contributed by atoms with van der Waals surface area (Å²) in [7, 11) is 1.58. The van der Waals surface area contributed by atoms with Crippen molar-refractivity contribution in [1.82, 2.24) is 0 Å². The van der Waals surface area contributed by atoms with Gasteiger partial charge in [0.1, 0.15) is 5.75 Å². The minimum Gasteiger partial charge on any atom is -0.504 e. The first-order chi connectivity index (χ1) is 13.1. The Labute approximate surface area is 160 Å². The molecular weight excluding hydrogens is 338 g/mol. The van der Waals surface area contributed by atoms with Crippen molar-refractivity contribution in [3.8, 4) is 17.2 Å². The van der Waals surface area contributed by atoms with Crippen molar-refractivity contribution in [1.29, 1.82) is 0 Å². The molecule has 2 N–H and O–H groups in total. The van der Waals surface area contributed by atoms with Crippen molar-refractivity contribution in [3.05, 3.63) is 59.7 Å². The predicted octanol–water partition coefficient (Wildman–Crippen LogP) is 5.40. The second kappa shape index (κ2) is 7.18. The highest BCUT2D eigenvalue weighted by atomic mass is 16.5. The highest BCUT2D eigenvalue weighted by Crippen LogP contribution is 2.52. The summed E-state index contributed by atoms with van der Waals surface area (Å²) in [5.41, 5.74) is 3.26. The quantitative estimate of drug-likeness (QED) is 0.696. The molecule has 0 spiro atoms. The maximum atomic E-state index is 10.7. The standard InChI is InChI=1S/C23H27NO3/c1-4-14(2)27-15-11-12-20-19(13-15)16-7-5-8-17(16)22(24-20)18-9-6-10-21(26-3)23(18)25/h5-7,9-14,16-17,22,24-25H,4,8H2,1-3H3. The summed E-state index contributed by atoms with van der Waals surface area (Å²) in [4.78, 5) is 0. The molecule has 0 amide bonds. The lowest BCUT2D eigenvalue weighted by Crippen LogP contribution is -2.29. The Kier molecular flexibility index (Phi) is 4.73. The fourth-order valence-electron chi connectivity index (χ4n) is 4.22. The Hall–Kier alpha value is -2.62. The Bertz CT molecular complexity index is 861. The first kappa shape index (κ1) is 17.8. The number of phenolic OH excluding ortho intramolecular Hbond substituents is 1. The van der Waals surface area contributed by atoms with Gasteiger partial charge in [0, 0.05) is 17.2 Å². The van der Waals surface area contributed by atoms with Crippen LogP contribution in [-0.4, -0.2) is 18.3 Å². The number of rotatable bonds is 5. The lowest BCUT2D eigenvalue weighted by molar-refractivity contribution is 0.217. The van der Waals surface area contributed by atoms with Crippen molar-refractivity contribution >= 4 is 5.69 Å². The molecule has 4 nitrogen and oxygen atoms in total. The summed E-state index contributed by atoms with van der Waals surface area (Å²) in [5, 5.41) is 14.3. The minimum absolute atomic E-state index is 0.0360. The second-order valence-corrected chi connectivity index (χ2v) is 7.46. The number of hydrogen-bond acceptors (Lipinski definition) is 4. The highest BCUT2D eigenvalue weighted by Gasteiger charge is 2.39. The normalized spacial score (nSPS) is 23.9. The molecule has 1 heterocycles. The van der Waals surface area contributed by atoms with Crippen LogP contribution in [0.15, 0.2) is 48.6 Å². The number of phenols is 1. The van der Waals surface area contributed by atoms with E-state index in [1.54, 1.807) is 13.2 Å². The number of benzene rings is 2. The van der Waals surface area contributed by atoms with Gasteiger partial charge in [-0.3, -0.25) is 0 Å². The maximum Gasteiger partial charge on any atom is 0.163 e. The van der Waals surface area contributed by atoms with Crippen LogP contribution < -0.4 is 14.8 Å². The summed E-state index contributed by atoms with van der Waals surface area (Å²) in [5.74, 6) is 2.33. The maximum absolute atomic E-state index is 10.7. The van der Waals surface area contributed by atoms with Gasteiger partial charge in [-0.25, -0.2) is 0 Å². The van der Waals surface area contributed by atoms with Crippen molar-refractivity contribution in [2.75, 3.05) is 12.4 Å². The number of fused-ring (bicyclic) bond motifs is 3. The molecule has 4 atom stereocenters. The monoisotopic (exact) mass is 365 g/mol. The number of hydrogen-bond donors (Lipinski definition) is 2. The first-order valence-electron chi connectivity index (χ1n) is 9.72. The first-order valence-corrected chi connectivity index (χ1v) is 9.72. The lowest BCUT2D eigenvalue weighted by atomic mass is 9.76. The molecule has 0 saturated carbocycles. The van der Waals surface area contributed by atoms with Crippen molar-refractivity contribution < 1.29 is 14.6 Å². The molecule has 142 valence electrons. The zero-order valence-corrected chi connectivity index (χ0v) is 16.1. The smallest absolute Gasteiger partial charge is 0.163 e. The van der Waals surface area contributed by atoms with Crippen LogP contribution in [0.3, 0.4) is 0 Å². The molecule has 4 heteroatoms. The number of aromatic hydroxyl groups is 1. The van der Waals surface area contributed by atoms with E-state index in [1.165, 1.54) is 5.56 Å². The van der Waals surface area contributed by atoms with Gasteiger partial charge in [-0.05, 0) is 55.5 Å². The summed E-state index contributed by atoms with van der Waals surface area (Å²) < 4.78 is 11.3. The van der Waals surface area contributed by atoms with Crippen LogP contribution in [0.1, 0.15) is 49.8 Å². The Morgan fingerprint density at radius 3 is 2.85 bits per heavy atom. The van der Waals surface area contributed by atoms with Crippen molar-refractivity contribution in [2.24, 2.45) is 5.92 Å². The molecule has 0 fully saturated rings. The number of para-hydroxylation sites is 1. The molecule has 0 aromatic heterocycles. The van der Waals surface area contributed by atoms with Gasteiger partial charge in [-0.1, -0.05) is 31.2 Å². The molecule has 0 saturated heterocycles. The van der Waals surface area contributed by atoms with E-state index >= 15 is 0 Å². The zero-order valence-electron chi connectivity index (χ0n) is 16.1. The predicted molar refractivity (Wildman–Crippen MR) is 108 cm³/mol. The van der Waals surface area contributed by atoms with Gasteiger partial charge in [0.25, 0.3) is 0 Å². The highest BCUT2D eigenvalue weighted by molar-refractivity contribution is 5.63. The molecule has 0 bridgehead atoms. The fraction of sp³-hybridized carbons (Fsp3) is 0.391. The molecule has 2 aliphatic rings. The van der Waals surface area contributed by atoms with Crippen LogP contribution in [0.4, 0.5) is 5.69 Å². The number of anilines is 1. The van der Waals surface area contributed by atoms with Crippen LogP contribution >= 0.6 is 0 Å². The molecule has 1 aliphatic carbocycles. The molecule has 2 aromatic rings. The van der Waals surface area contributed by atoms with Crippen LogP contribution in [0.5, 0.6) is 17.2 Å². The van der Waals surface area contributed by atoms with E-state index in [9.17, 15) is 5.11 Å². The van der Waals surface area contributed by atoms with E-state index in [0.29, 0.717) is 17.6 Å². The topological polar surface area (TPSA) is 50.7 Å². The van der Waals surface area contributed by atoms with E-state index in [-0.39, 0.29) is 17.9 Å². The van der Waals surface area contributed by atoms with E-state index in [1.807, 2.05) is 18.2 Å². The van der Waals surface area contributed by atoms with E-state index in [2.05, 4.69) is 43.4 Å². The van der Waals surface area contributed by atoms with Gasteiger partial charge in [-0.2, -0.15) is 0 Å². The van der Waals surface area contributed by atoms with Gasteiger partial charge in [0.2, 0.25) is 0 Å². The van der Waals surface area contributed by atoms with Gasteiger partial charge < -0.3 is 19.9 Å². The van der Waals surface area contributed by atoms with Crippen LogP contribution in [0.25, 0.3) is 0 Å². The molecule has 1 aliphatic heterocycles. The number of nitrogens with one attached hydrogen (secondary N) is 1. The number of methoxy groups -OCH3 is 1. The van der Waals surface area contributed by atoms with Crippen molar-refractivity contribution in [3.63, 3.8) is 0 Å². The summed E-state index contributed by atoms with van der Waals surface area (Å²) in [6.07, 6.45) is 6.71. The summed E-state index contributed by atoms with van der Waals surface area (Å²) in [6.45, 7) is 4.23. The number of ether oxygens (including phenoxy) is 2. The fourth-order valence-corrected chi connectivity index (χ4v) is 4.22. The molecule has 2 aromatic carbocycles. The molecule has 0 radical (unpaired) electrons. The van der Waals surface area contributed by atoms with Crippen LogP contribution in [-0.2, 0) is 0 Å². The minimum atomic E-state index is 0.0360. The Morgan fingerprint density at radius 2 is 2.07 bits per heavy atom. The van der Waals surface area contributed by atoms with Gasteiger partial charge in [0.05, 0.1) is 19.3 Å². The lowest BCUT2D eigenvalue weighted by Gasteiger charge is -2.38. The van der Waals surface area contributed by atoms with E-state index < -0.39 is 0 Å². The molecular formula is C23H27NO3. The van der Waals surface area contributed by atoms with Crippen LogP contribution in [0.2, 0.25) is 0 Å². The van der Waals surface area contributed by atoms with Gasteiger partial charge in [-0.15, -0.1) is 0 Å². The average molecular weight is 365 g/mol. The SMILES string of the molecule is CCC(C)Oc1ccc2c(c1)C1C=CCC1C(c1cccc(OC)c1O)N2. The molecule has 4 rings (SSSR count). The van der Waals surface area contributed by atoms with Crippen molar-refractivity contribution in [2.45, 2.75) is 44.8 Å². The zero-order chi connectivity index (χ0) is 19.0. The van der Waals surface area contributed by atoms with Gasteiger partial charge >= 0.3 is 0 Å². The molecule has 4 unspecified atom stereocenters. The molecule has 27 heavy (non-hydrogen) atoms. The Morgan fingerprint density at radius 1 is 1.22 bits per heavy atom. The number of allylic oxidation sites excluding steroid dienone is 2. The summed E-state index contributed by atoms with van der Waals surface area (Å²) >= 11 is 0. The average Bonchev–Trinajstić information content (AvgIpc) is 3.18. The third kappa shape index (κ3) is 3.14. The largest absolute Gasteiger partial charge is 0.504 e. The second-order valence-electron chi connectivity index (χ2n) is 7.46. The third-order valence-corrected chi connectivity index (χ3v) is 5.83. The van der Waals surface area contributed by atoms with E-state index in [4.69, 9.17) is 9.47 Å². The van der Waals surface area contributed by atoms with E-state index in [0.717, 1.165) is 29.8 Å². The summed E-state index contributed by atoms with van der Waals surface area (Å²) in [6, 6.07) is 12.0.